The van der Waals surface area contributed by atoms with Crippen LogP contribution in [0.1, 0.15) is 153 Å². The Kier molecular flexibility index (Phi) is 19.4. The zero-order valence-electron chi connectivity index (χ0n) is 28.4. The summed E-state index contributed by atoms with van der Waals surface area (Å²) < 4.78 is 6.89. The van der Waals surface area contributed by atoms with Crippen LogP contribution in [-0.2, 0) is 0 Å². The quantitative estimate of drug-likeness (QED) is 0.0825. The third kappa shape index (κ3) is 12.9. The van der Waals surface area contributed by atoms with Crippen LogP contribution in [0.3, 0.4) is 0 Å². The van der Waals surface area contributed by atoms with E-state index in [1.165, 1.54) is 172 Å². The Morgan fingerprint density at radius 3 is 1.17 bits per heavy atom. The van der Waals surface area contributed by atoms with E-state index in [-0.39, 0.29) is 0 Å². The molecular weight excluding hydrogens is 769 g/mol. The highest BCUT2D eigenvalue weighted by Crippen LogP contribution is 2.62. The molecule has 4 rings (SSSR count). The Balaban J connectivity index is 1.32. The molecule has 0 nitrogen and oxygen atoms in total. The van der Waals surface area contributed by atoms with Gasteiger partial charge in [0.2, 0.25) is 0 Å². The molecular formula is C40H56Br2S4. The summed E-state index contributed by atoms with van der Waals surface area (Å²) in [6.45, 7) is 4.61. The van der Waals surface area contributed by atoms with Crippen molar-refractivity contribution in [3.8, 4) is 11.1 Å². The van der Waals surface area contributed by atoms with Gasteiger partial charge in [0.15, 0.2) is 0 Å². The second-order valence-electron chi connectivity index (χ2n) is 12.9. The Morgan fingerprint density at radius 1 is 0.457 bits per heavy atom. The molecule has 0 N–H and O–H groups in total. The van der Waals surface area contributed by atoms with Crippen LogP contribution in [0.15, 0.2) is 58.1 Å². The molecule has 46 heavy (non-hydrogen) atoms. The van der Waals surface area contributed by atoms with E-state index in [0.717, 1.165) is 8.95 Å². The Labute approximate surface area is 316 Å². The lowest BCUT2D eigenvalue weighted by molar-refractivity contribution is 0.563. The van der Waals surface area contributed by atoms with Crippen molar-refractivity contribution < 1.29 is 0 Å². The summed E-state index contributed by atoms with van der Waals surface area (Å²) in [7, 11) is 0. The number of halogens is 2. The van der Waals surface area contributed by atoms with E-state index in [2.05, 4.69) is 129 Å². The molecule has 0 unspecified atom stereocenters. The highest BCUT2D eigenvalue weighted by Gasteiger charge is 2.31. The normalized spacial score (nSPS) is 14.1. The van der Waals surface area contributed by atoms with E-state index in [9.17, 15) is 0 Å². The van der Waals surface area contributed by atoms with Gasteiger partial charge < -0.3 is 0 Å². The van der Waals surface area contributed by atoms with Gasteiger partial charge in [-0.3, -0.25) is 0 Å². The van der Waals surface area contributed by atoms with Gasteiger partial charge in [0.1, 0.15) is 0 Å². The van der Waals surface area contributed by atoms with Gasteiger partial charge >= 0.3 is 0 Å². The monoisotopic (exact) mass is 822 g/mol. The van der Waals surface area contributed by atoms with Crippen LogP contribution in [0, 0.1) is 0 Å². The van der Waals surface area contributed by atoms with Crippen molar-refractivity contribution >= 4 is 84.5 Å². The second-order valence-corrected chi connectivity index (χ2v) is 19.7. The predicted octanol–water partition coefficient (Wildman–Crippen LogP) is 16.8. The number of hydrogen-bond donors (Lipinski definition) is 0. The zero-order valence-corrected chi connectivity index (χ0v) is 34.8. The summed E-state index contributed by atoms with van der Waals surface area (Å²) in [5, 5.41) is 0. The van der Waals surface area contributed by atoms with Gasteiger partial charge in [-0.05, 0) is 70.9 Å². The lowest BCUT2D eigenvalue weighted by atomic mass is 10.1. The summed E-state index contributed by atoms with van der Waals surface area (Å²) in [6.07, 6.45) is 28.1. The summed E-state index contributed by atoms with van der Waals surface area (Å²) in [4.78, 5) is 0. The van der Waals surface area contributed by atoms with Crippen LogP contribution < -0.4 is 0 Å². The first-order chi connectivity index (χ1) is 22.6. The van der Waals surface area contributed by atoms with Crippen LogP contribution in [0.2, 0.25) is 0 Å². The smallest absolute Gasteiger partial charge is 0.0660 e. The van der Waals surface area contributed by atoms with Gasteiger partial charge in [-0.2, -0.15) is 0 Å². The van der Waals surface area contributed by atoms with Crippen molar-refractivity contribution in [2.75, 3.05) is 11.5 Å². The van der Waals surface area contributed by atoms with E-state index in [4.69, 9.17) is 0 Å². The summed E-state index contributed by atoms with van der Waals surface area (Å²) >= 11 is 15.9. The van der Waals surface area contributed by atoms with Gasteiger partial charge in [0, 0.05) is 14.5 Å². The van der Waals surface area contributed by atoms with Crippen molar-refractivity contribution in [2.24, 2.45) is 0 Å². The third-order valence-electron chi connectivity index (χ3n) is 9.00. The minimum Gasteiger partial charge on any atom is -0.117 e. The van der Waals surface area contributed by atoms with E-state index < -0.39 is 0 Å². The standard InChI is InChI=1S/C40H56Br2S4/c1-3-5-7-9-11-13-15-17-19-21-27-43-39-40(44-28-22-20-18-16-14-12-10-8-6-4-2)46-38(45-39)37-33-25-23-31(41)29-35(33)36-30-32(42)24-26-34(36)37/h23-26,29-30H,3-22,27-28H2,1-2H3. The molecule has 0 radical (unpaired) electrons. The molecule has 1 aliphatic carbocycles. The summed E-state index contributed by atoms with van der Waals surface area (Å²) in [6, 6.07) is 13.7. The average Bonchev–Trinajstić information content (AvgIpc) is 3.60. The fourth-order valence-corrected chi connectivity index (χ4v) is 13.2. The molecule has 0 saturated heterocycles. The van der Waals surface area contributed by atoms with Crippen molar-refractivity contribution in [3.63, 3.8) is 0 Å². The van der Waals surface area contributed by atoms with E-state index >= 15 is 0 Å². The molecule has 2 aliphatic rings. The molecule has 2 aromatic carbocycles. The maximum Gasteiger partial charge on any atom is 0.0660 e. The molecule has 254 valence electrons. The van der Waals surface area contributed by atoms with Gasteiger partial charge in [-0.15, -0.1) is 23.5 Å². The number of fused-ring (bicyclic) bond motifs is 3. The van der Waals surface area contributed by atoms with Gasteiger partial charge in [-0.1, -0.05) is 197 Å². The van der Waals surface area contributed by atoms with Crippen LogP contribution in [0.4, 0.5) is 0 Å². The van der Waals surface area contributed by atoms with E-state index in [1.807, 2.05) is 0 Å². The maximum absolute atomic E-state index is 3.74. The van der Waals surface area contributed by atoms with Gasteiger partial charge in [-0.25, -0.2) is 0 Å². The number of rotatable bonds is 24. The lowest BCUT2D eigenvalue weighted by Crippen LogP contribution is -1.85. The minimum absolute atomic E-state index is 1.15. The zero-order chi connectivity index (χ0) is 32.4. The number of hydrogen-bond acceptors (Lipinski definition) is 4. The van der Waals surface area contributed by atoms with Crippen LogP contribution >= 0.6 is 78.9 Å². The summed E-state index contributed by atoms with van der Waals surface area (Å²) in [5.41, 5.74) is 6.89. The van der Waals surface area contributed by atoms with Gasteiger partial charge in [0.25, 0.3) is 0 Å². The Morgan fingerprint density at radius 2 is 0.804 bits per heavy atom. The molecule has 0 amide bonds. The molecule has 0 aromatic heterocycles. The van der Waals surface area contributed by atoms with E-state index in [1.54, 1.807) is 8.47 Å². The van der Waals surface area contributed by atoms with Crippen molar-refractivity contribution in [1.29, 1.82) is 0 Å². The highest BCUT2D eigenvalue weighted by molar-refractivity contribution is 9.10. The minimum atomic E-state index is 1.15. The predicted molar refractivity (Wildman–Crippen MR) is 224 cm³/mol. The number of benzene rings is 2. The first-order valence-electron chi connectivity index (χ1n) is 18.3. The largest absolute Gasteiger partial charge is 0.117 e. The molecule has 0 atom stereocenters. The molecule has 1 aliphatic heterocycles. The van der Waals surface area contributed by atoms with Gasteiger partial charge in [0.05, 0.1) is 12.7 Å². The number of thioether (sulfide) groups is 4. The Hall–Kier alpha value is 0.280. The second kappa shape index (κ2) is 22.9. The molecule has 0 fully saturated rings. The van der Waals surface area contributed by atoms with Crippen LogP contribution in [0.5, 0.6) is 0 Å². The topological polar surface area (TPSA) is 0 Å². The molecule has 1 heterocycles. The third-order valence-corrected chi connectivity index (χ3v) is 15.7. The average molecular weight is 825 g/mol. The number of unbranched alkanes of at least 4 members (excludes halogenated alkanes) is 18. The fraction of sp³-hybridized carbons (Fsp3) is 0.600. The molecule has 6 heteroatoms. The van der Waals surface area contributed by atoms with Crippen molar-refractivity contribution in [1.82, 2.24) is 0 Å². The first-order valence-corrected chi connectivity index (χ1v) is 23.5. The molecule has 0 saturated carbocycles. The van der Waals surface area contributed by atoms with Crippen LogP contribution in [0.25, 0.3) is 16.7 Å². The van der Waals surface area contributed by atoms with Crippen molar-refractivity contribution in [2.45, 2.75) is 142 Å². The first kappa shape index (κ1) is 39.1. The highest BCUT2D eigenvalue weighted by atomic mass is 79.9. The lowest BCUT2D eigenvalue weighted by Gasteiger charge is -2.08. The summed E-state index contributed by atoms with van der Waals surface area (Å²) in [5.74, 6) is 2.49. The van der Waals surface area contributed by atoms with Crippen LogP contribution in [-0.4, -0.2) is 11.5 Å². The SMILES string of the molecule is CCCCCCCCCCCCSC1=C(SCCCCCCCCCCCC)SC(=C2c3ccc(Br)cc3-c3cc(Br)ccc32)S1. The maximum atomic E-state index is 3.74. The molecule has 0 bridgehead atoms. The Bertz CT molecular complexity index is 1170. The van der Waals surface area contributed by atoms with E-state index in [0.29, 0.717) is 0 Å². The molecule has 0 spiro atoms. The molecule has 2 aromatic rings. The van der Waals surface area contributed by atoms with Crippen molar-refractivity contribution in [3.05, 3.63) is 69.2 Å². The fourth-order valence-electron chi connectivity index (χ4n) is 6.34.